The molecule has 1 aliphatic heterocycles. The van der Waals surface area contributed by atoms with Crippen LogP contribution in [0.1, 0.15) is 24.4 Å². The maximum atomic E-state index is 13.3. The zero-order valence-corrected chi connectivity index (χ0v) is 8.14. The van der Waals surface area contributed by atoms with Gasteiger partial charge in [0.05, 0.1) is 6.04 Å². The molecule has 1 heterocycles. The average molecular weight is 214 g/mol. The first-order valence-corrected chi connectivity index (χ1v) is 4.79. The van der Waals surface area contributed by atoms with E-state index in [1.807, 2.05) is 0 Å². The summed E-state index contributed by atoms with van der Waals surface area (Å²) >= 11 is 5.75. The summed E-state index contributed by atoms with van der Waals surface area (Å²) in [7, 11) is 0. The van der Waals surface area contributed by atoms with E-state index >= 15 is 0 Å². The number of rotatable bonds is 1. The maximum absolute atomic E-state index is 13.3. The molecule has 74 valence electrons. The Balaban J connectivity index is 2.31. The van der Waals surface area contributed by atoms with Crippen molar-refractivity contribution in [2.24, 2.45) is 0 Å². The standard InChI is InChI=1S/C10H9ClFNO/c11-6-1-2-8(12)7(5-6)9-3-4-10(14)13-9/h1-2,5,9H,3-4H2,(H,13,14)/t9-/m1/s1. The van der Waals surface area contributed by atoms with Crippen LogP contribution in [-0.4, -0.2) is 5.91 Å². The van der Waals surface area contributed by atoms with Crippen molar-refractivity contribution in [2.75, 3.05) is 0 Å². The fourth-order valence-corrected chi connectivity index (χ4v) is 1.81. The van der Waals surface area contributed by atoms with Gasteiger partial charge in [-0.1, -0.05) is 11.6 Å². The summed E-state index contributed by atoms with van der Waals surface area (Å²) < 4.78 is 13.3. The number of carbonyl (C=O) groups is 1. The summed E-state index contributed by atoms with van der Waals surface area (Å²) in [6, 6.07) is 4.16. The summed E-state index contributed by atoms with van der Waals surface area (Å²) in [5.74, 6) is -0.351. The first-order valence-electron chi connectivity index (χ1n) is 4.41. The summed E-state index contributed by atoms with van der Waals surface area (Å²) in [5.41, 5.74) is 0.475. The second kappa shape index (κ2) is 3.58. The van der Waals surface area contributed by atoms with Crippen LogP contribution in [0.4, 0.5) is 4.39 Å². The molecule has 14 heavy (non-hydrogen) atoms. The molecule has 0 aromatic heterocycles. The third-order valence-electron chi connectivity index (χ3n) is 2.33. The highest BCUT2D eigenvalue weighted by Gasteiger charge is 2.24. The van der Waals surface area contributed by atoms with E-state index in [0.29, 0.717) is 23.4 Å². The van der Waals surface area contributed by atoms with Crippen LogP contribution in [0.5, 0.6) is 0 Å². The molecule has 1 aromatic rings. The SMILES string of the molecule is O=C1CC[C@H](c2cc(Cl)ccc2F)N1. The van der Waals surface area contributed by atoms with Crippen LogP contribution < -0.4 is 5.32 Å². The first kappa shape index (κ1) is 9.46. The van der Waals surface area contributed by atoms with Crippen molar-refractivity contribution in [1.29, 1.82) is 0 Å². The van der Waals surface area contributed by atoms with Crippen LogP contribution >= 0.6 is 11.6 Å². The van der Waals surface area contributed by atoms with E-state index in [1.54, 1.807) is 6.07 Å². The largest absolute Gasteiger partial charge is 0.349 e. The molecule has 0 spiro atoms. The second-order valence-electron chi connectivity index (χ2n) is 3.32. The predicted octanol–water partition coefficient (Wildman–Crippen LogP) is 2.43. The van der Waals surface area contributed by atoms with E-state index in [2.05, 4.69) is 5.32 Å². The van der Waals surface area contributed by atoms with Crippen LogP contribution in [0.2, 0.25) is 5.02 Å². The number of hydrogen-bond acceptors (Lipinski definition) is 1. The van der Waals surface area contributed by atoms with E-state index in [1.165, 1.54) is 12.1 Å². The topological polar surface area (TPSA) is 29.1 Å². The van der Waals surface area contributed by atoms with Crippen LogP contribution in [0.3, 0.4) is 0 Å². The number of halogens is 2. The second-order valence-corrected chi connectivity index (χ2v) is 3.76. The summed E-state index contributed by atoms with van der Waals surface area (Å²) in [4.78, 5) is 11.0. The van der Waals surface area contributed by atoms with Gasteiger partial charge in [-0.2, -0.15) is 0 Å². The van der Waals surface area contributed by atoms with Crippen molar-refractivity contribution >= 4 is 17.5 Å². The molecule has 1 fully saturated rings. The molecule has 0 unspecified atom stereocenters. The Bertz CT molecular complexity index is 380. The number of hydrogen-bond donors (Lipinski definition) is 1. The van der Waals surface area contributed by atoms with E-state index in [4.69, 9.17) is 11.6 Å². The highest BCUT2D eigenvalue weighted by atomic mass is 35.5. The number of nitrogens with one attached hydrogen (secondary N) is 1. The molecule has 1 saturated heterocycles. The van der Waals surface area contributed by atoms with Crippen molar-refractivity contribution in [3.63, 3.8) is 0 Å². The predicted molar refractivity (Wildman–Crippen MR) is 51.5 cm³/mol. The lowest BCUT2D eigenvalue weighted by molar-refractivity contribution is -0.119. The van der Waals surface area contributed by atoms with Gasteiger partial charge in [-0.3, -0.25) is 4.79 Å². The van der Waals surface area contributed by atoms with Crippen LogP contribution in [-0.2, 0) is 4.79 Å². The Hall–Kier alpha value is -1.09. The number of benzene rings is 1. The van der Waals surface area contributed by atoms with Crippen molar-refractivity contribution in [2.45, 2.75) is 18.9 Å². The minimum atomic E-state index is -0.318. The molecular formula is C10H9ClFNO. The number of amides is 1. The summed E-state index contributed by atoms with van der Waals surface area (Å²) in [6.45, 7) is 0. The molecule has 0 bridgehead atoms. The Morgan fingerprint density at radius 2 is 2.29 bits per heavy atom. The van der Waals surface area contributed by atoms with E-state index < -0.39 is 0 Å². The van der Waals surface area contributed by atoms with Gasteiger partial charge in [0.25, 0.3) is 0 Å². The Morgan fingerprint density at radius 3 is 2.93 bits per heavy atom. The van der Waals surface area contributed by atoms with Gasteiger partial charge in [0.1, 0.15) is 5.82 Å². The third kappa shape index (κ3) is 1.73. The molecule has 0 radical (unpaired) electrons. The molecule has 1 N–H and O–H groups in total. The van der Waals surface area contributed by atoms with Gasteiger partial charge in [-0.05, 0) is 24.6 Å². The zero-order valence-electron chi connectivity index (χ0n) is 7.39. The molecule has 2 rings (SSSR count). The van der Waals surface area contributed by atoms with Gasteiger partial charge in [0.2, 0.25) is 5.91 Å². The van der Waals surface area contributed by atoms with Gasteiger partial charge in [0.15, 0.2) is 0 Å². The lowest BCUT2D eigenvalue weighted by atomic mass is 10.1. The minimum Gasteiger partial charge on any atom is -0.349 e. The lowest BCUT2D eigenvalue weighted by Gasteiger charge is -2.11. The average Bonchev–Trinajstić information content (AvgIpc) is 2.56. The molecule has 0 aliphatic carbocycles. The molecule has 1 amide bonds. The van der Waals surface area contributed by atoms with Crippen LogP contribution in [0, 0.1) is 5.82 Å². The molecule has 1 aromatic carbocycles. The molecule has 1 aliphatic rings. The van der Waals surface area contributed by atoms with Gasteiger partial charge in [-0.15, -0.1) is 0 Å². The quantitative estimate of drug-likeness (QED) is 0.763. The fraction of sp³-hybridized carbons (Fsp3) is 0.300. The summed E-state index contributed by atoms with van der Waals surface area (Å²) in [5, 5.41) is 3.19. The normalized spacial score (nSPS) is 21.0. The van der Waals surface area contributed by atoms with Crippen molar-refractivity contribution in [3.8, 4) is 0 Å². The Kier molecular flexibility index (Phi) is 2.42. The Morgan fingerprint density at radius 1 is 1.50 bits per heavy atom. The minimum absolute atomic E-state index is 0.0330. The molecule has 0 saturated carbocycles. The molecule has 4 heteroatoms. The highest BCUT2D eigenvalue weighted by molar-refractivity contribution is 6.30. The lowest BCUT2D eigenvalue weighted by Crippen LogP contribution is -2.19. The van der Waals surface area contributed by atoms with Crippen molar-refractivity contribution in [3.05, 3.63) is 34.6 Å². The van der Waals surface area contributed by atoms with E-state index in [9.17, 15) is 9.18 Å². The third-order valence-corrected chi connectivity index (χ3v) is 2.56. The Labute approximate surface area is 86.1 Å². The maximum Gasteiger partial charge on any atom is 0.220 e. The molecule has 1 atom stereocenters. The van der Waals surface area contributed by atoms with Crippen molar-refractivity contribution < 1.29 is 9.18 Å². The summed E-state index contributed by atoms with van der Waals surface area (Å²) in [6.07, 6.45) is 1.09. The van der Waals surface area contributed by atoms with Gasteiger partial charge in [-0.25, -0.2) is 4.39 Å². The smallest absolute Gasteiger partial charge is 0.220 e. The van der Waals surface area contributed by atoms with E-state index in [-0.39, 0.29) is 17.8 Å². The van der Waals surface area contributed by atoms with Crippen molar-refractivity contribution in [1.82, 2.24) is 5.32 Å². The molecule has 2 nitrogen and oxygen atoms in total. The fourth-order valence-electron chi connectivity index (χ4n) is 1.63. The monoisotopic (exact) mass is 213 g/mol. The van der Waals surface area contributed by atoms with Crippen LogP contribution in [0.15, 0.2) is 18.2 Å². The highest BCUT2D eigenvalue weighted by Crippen LogP contribution is 2.27. The first-order chi connectivity index (χ1) is 6.66. The van der Waals surface area contributed by atoms with E-state index in [0.717, 1.165) is 0 Å². The number of carbonyl (C=O) groups excluding carboxylic acids is 1. The molecular weight excluding hydrogens is 205 g/mol. The van der Waals surface area contributed by atoms with Gasteiger partial charge < -0.3 is 5.32 Å². The van der Waals surface area contributed by atoms with Gasteiger partial charge >= 0.3 is 0 Å². The van der Waals surface area contributed by atoms with Gasteiger partial charge in [0, 0.05) is 17.0 Å². The van der Waals surface area contributed by atoms with Crippen LogP contribution in [0.25, 0.3) is 0 Å². The zero-order chi connectivity index (χ0) is 10.1.